The van der Waals surface area contributed by atoms with Gasteiger partial charge in [-0.25, -0.2) is 18.4 Å². The molecule has 37 heavy (non-hydrogen) atoms. The minimum atomic E-state index is -3.71. The fraction of sp³-hybridized carbons (Fsp3) is 0.333. The predicted octanol–water partition coefficient (Wildman–Crippen LogP) is 2.14. The largest absolute Gasteiger partial charge is 0.494 e. The normalized spacial score (nSPS) is 14.6. The smallest absolute Gasteiger partial charge is 0.243 e. The molecule has 5 rings (SSSR count). The van der Waals surface area contributed by atoms with Crippen LogP contribution < -0.4 is 19.1 Å². The third kappa shape index (κ3) is 4.62. The highest BCUT2D eigenvalue weighted by Crippen LogP contribution is 2.31. The van der Waals surface area contributed by atoms with Crippen molar-refractivity contribution in [2.45, 2.75) is 11.8 Å². The first-order valence-electron chi connectivity index (χ1n) is 11.7. The van der Waals surface area contributed by atoms with Crippen LogP contribution in [0.25, 0.3) is 16.9 Å². The van der Waals surface area contributed by atoms with E-state index in [-0.39, 0.29) is 18.0 Å². The van der Waals surface area contributed by atoms with Crippen LogP contribution in [0.4, 0.5) is 5.82 Å². The maximum Gasteiger partial charge on any atom is 0.243 e. The Labute approximate surface area is 214 Å². The number of ether oxygens (including phenoxy) is 3. The van der Waals surface area contributed by atoms with Crippen LogP contribution in [0.3, 0.4) is 0 Å². The molecule has 0 bridgehead atoms. The fourth-order valence-corrected chi connectivity index (χ4v) is 5.70. The lowest BCUT2D eigenvalue weighted by Gasteiger charge is -2.34. The summed E-state index contributed by atoms with van der Waals surface area (Å²) in [6, 6.07) is 12.1. The number of benzene rings is 2. The molecule has 3 heterocycles. The minimum absolute atomic E-state index is 0.154. The van der Waals surface area contributed by atoms with Gasteiger partial charge in [0.15, 0.2) is 28.5 Å². The van der Waals surface area contributed by atoms with E-state index >= 15 is 0 Å². The molecule has 1 aliphatic rings. The van der Waals surface area contributed by atoms with Crippen molar-refractivity contribution < 1.29 is 22.6 Å². The Bertz CT molecular complexity index is 1500. The SMILES string of the molecule is CCOc1ccc(-n2nnc3c(N4CCN(S(=O)(=O)c5ccc(OC)c(OC)c5)CC4)ncnc32)cc1. The van der Waals surface area contributed by atoms with Gasteiger partial charge in [-0.3, -0.25) is 0 Å². The monoisotopic (exact) mass is 525 g/mol. The second-order valence-corrected chi connectivity index (χ2v) is 10.1. The Morgan fingerprint density at radius 1 is 0.919 bits per heavy atom. The number of nitrogens with zero attached hydrogens (tertiary/aromatic N) is 7. The highest BCUT2D eigenvalue weighted by molar-refractivity contribution is 7.89. The average Bonchev–Trinajstić information content (AvgIpc) is 3.38. The molecule has 0 spiro atoms. The van der Waals surface area contributed by atoms with Crippen LogP contribution in [0.5, 0.6) is 17.2 Å². The number of hydrogen-bond donors (Lipinski definition) is 0. The van der Waals surface area contributed by atoms with E-state index in [0.717, 1.165) is 11.4 Å². The lowest BCUT2D eigenvalue weighted by Crippen LogP contribution is -2.49. The molecule has 1 saturated heterocycles. The first-order chi connectivity index (χ1) is 18.0. The average molecular weight is 526 g/mol. The van der Waals surface area contributed by atoms with Crippen LogP contribution in [0.1, 0.15) is 6.92 Å². The van der Waals surface area contributed by atoms with E-state index in [1.54, 1.807) is 10.7 Å². The van der Waals surface area contributed by atoms with Crippen molar-refractivity contribution in [3.8, 4) is 22.9 Å². The third-order valence-corrected chi connectivity index (χ3v) is 8.04. The number of methoxy groups -OCH3 is 2. The molecule has 0 atom stereocenters. The number of aromatic nitrogens is 5. The number of anilines is 1. The summed E-state index contributed by atoms with van der Waals surface area (Å²) in [4.78, 5) is 11.0. The van der Waals surface area contributed by atoms with Crippen molar-refractivity contribution >= 4 is 27.0 Å². The van der Waals surface area contributed by atoms with Gasteiger partial charge in [0.05, 0.1) is 31.4 Å². The van der Waals surface area contributed by atoms with Gasteiger partial charge in [-0.2, -0.15) is 8.99 Å². The molecule has 0 aliphatic carbocycles. The molecule has 0 amide bonds. The van der Waals surface area contributed by atoms with E-state index in [0.29, 0.717) is 48.2 Å². The second kappa shape index (κ2) is 10.2. The molecule has 1 aliphatic heterocycles. The van der Waals surface area contributed by atoms with Gasteiger partial charge >= 0.3 is 0 Å². The van der Waals surface area contributed by atoms with Gasteiger partial charge in [-0.15, -0.1) is 5.10 Å². The van der Waals surface area contributed by atoms with E-state index in [9.17, 15) is 8.42 Å². The van der Waals surface area contributed by atoms with Gasteiger partial charge in [-0.1, -0.05) is 5.21 Å². The summed E-state index contributed by atoms with van der Waals surface area (Å²) in [7, 11) is -0.732. The third-order valence-electron chi connectivity index (χ3n) is 6.14. The quantitative estimate of drug-likeness (QED) is 0.338. The fourth-order valence-electron chi connectivity index (χ4n) is 4.26. The molecule has 13 heteroatoms. The van der Waals surface area contributed by atoms with Crippen molar-refractivity contribution in [3.05, 3.63) is 48.8 Å². The summed E-state index contributed by atoms with van der Waals surface area (Å²) in [5.74, 6) is 2.22. The number of fused-ring (bicyclic) bond motifs is 1. The van der Waals surface area contributed by atoms with Gasteiger partial charge in [0.25, 0.3) is 0 Å². The zero-order chi connectivity index (χ0) is 26.0. The Balaban J connectivity index is 1.35. The molecule has 1 fully saturated rings. The van der Waals surface area contributed by atoms with Crippen LogP contribution in [-0.2, 0) is 10.0 Å². The molecular weight excluding hydrogens is 498 g/mol. The van der Waals surface area contributed by atoms with E-state index in [1.807, 2.05) is 36.1 Å². The van der Waals surface area contributed by atoms with Crippen LogP contribution in [0.2, 0.25) is 0 Å². The molecular formula is C24H27N7O5S. The first kappa shape index (κ1) is 24.7. The highest BCUT2D eigenvalue weighted by atomic mass is 32.2. The van der Waals surface area contributed by atoms with Crippen LogP contribution in [0.15, 0.2) is 53.7 Å². The minimum Gasteiger partial charge on any atom is -0.494 e. The second-order valence-electron chi connectivity index (χ2n) is 8.21. The van der Waals surface area contributed by atoms with E-state index in [2.05, 4.69) is 20.3 Å². The van der Waals surface area contributed by atoms with Crippen LogP contribution in [-0.4, -0.2) is 84.7 Å². The van der Waals surface area contributed by atoms with Gasteiger partial charge in [0.2, 0.25) is 10.0 Å². The summed E-state index contributed by atoms with van der Waals surface area (Å²) in [5, 5.41) is 8.63. The summed E-state index contributed by atoms with van der Waals surface area (Å²) in [6.45, 7) is 3.97. The highest BCUT2D eigenvalue weighted by Gasteiger charge is 2.31. The molecule has 2 aromatic carbocycles. The van der Waals surface area contributed by atoms with E-state index in [4.69, 9.17) is 14.2 Å². The maximum absolute atomic E-state index is 13.3. The van der Waals surface area contributed by atoms with Crippen molar-refractivity contribution in [2.75, 3.05) is 51.9 Å². The molecule has 0 saturated carbocycles. The Hall–Kier alpha value is -3.97. The van der Waals surface area contributed by atoms with Gasteiger partial charge in [-0.05, 0) is 43.3 Å². The molecule has 12 nitrogen and oxygen atoms in total. The Morgan fingerprint density at radius 2 is 1.65 bits per heavy atom. The number of hydrogen-bond acceptors (Lipinski definition) is 10. The van der Waals surface area contributed by atoms with Crippen LogP contribution in [0, 0.1) is 0 Å². The molecule has 0 unspecified atom stereocenters. The number of piperazine rings is 1. The molecule has 4 aromatic rings. The van der Waals surface area contributed by atoms with E-state index in [1.165, 1.54) is 37.0 Å². The molecule has 0 radical (unpaired) electrons. The zero-order valence-electron chi connectivity index (χ0n) is 20.7. The van der Waals surface area contributed by atoms with Gasteiger partial charge in [0, 0.05) is 32.2 Å². The van der Waals surface area contributed by atoms with Crippen molar-refractivity contribution in [2.24, 2.45) is 0 Å². The van der Waals surface area contributed by atoms with Crippen molar-refractivity contribution in [1.82, 2.24) is 29.3 Å². The number of rotatable bonds is 8. The van der Waals surface area contributed by atoms with Crippen molar-refractivity contribution in [3.63, 3.8) is 0 Å². The lowest BCUT2D eigenvalue weighted by molar-refractivity contribution is 0.340. The van der Waals surface area contributed by atoms with Gasteiger partial charge in [0.1, 0.15) is 12.1 Å². The number of sulfonamides is 1. The molecule has 2 aromatic heterocycles. The van der Waals surface area contributed by atoms with Crippen LogP contribution >= 0.6 is 0 Å². The summed E-state index contributed by atoms with van der Waals surface area (Å²) in [5.41, 5.74) is 1.91. The lowest BCUT2D eigenvalue weighted by atomic mass is 10.3. The topological polar surface area (TPSA) is 125 Å². The predicted molar refractivity (Wildman–Crippen MR) is 136 cm³/mol. The maximum atomic E-state index is 13.3. The standard InChI is InChI=1S/C24H27N7O5S/c1-4-36-18-7-5-17(6-8-18)31-24-22(27-28-31)23(25-16-26-24)29-11-13-30(14-12-29)37(32,33)19-9-10-20(34-2)21(15-19)35-3/h5-10,15-16H,4,11-14H2,1-3H3. The summed E-state index contributed by atoms with van der Waals surface area (Å²) < 4.78 is 45.7. The Kier molecular flexibility index (Phi) is 6.80. The van der Waals surface area contributed by atoms with Gasteiger partial charge < -0.3 is 19.1 Å². The Morgan fingerprint density at radius 3 is 2.32 bits per heavy atom. The summed E-state index contributed by atoms with van der Waals surface area (Å²) in [6.07, 6.45) is 1.47. The summed E-state index contributed by atoms with van der Waals surface area (Å²) >= 11 is 0. The first-order valence-corrected chi connectivity index (χ1v) is 13.2. The molecule has 194 valence electrons. The van der Waals surface area contributed by atoms with Crippen molar-refractivity contribution in [1.29, 1.82) is 0 Å². The van der Waals surface area contributed by atoms with E-state index < -0.39 is 10.0 Å². The zero-order valence-corrected chi connectivity index (χ0v) is 21.6. The molecule has 0 N–H and O–H groups in total.